The Morgan fingerprint density at radius 2 is 1.80 bits per heavy atom. The van der Waals surface area contributed by atoms with E-state index in [1.165, 1.54) is 26.2 Å². The van der Waals surface area contributed by atoms with Crippen LogP contribution < -0.4 is 15.3 Å². The molecule has 1 saturated heterocycles. The summed E-state index contributed by atoms with van der Waals surface area (Å²) in [5.41, 5.74) is 1.96. The molecule has 0 spiro atoms. The van der Waals surface area contributed by atoms with E-state index in [-0.39, 0.29) is 53.0 Å². The molecule has 0 unspecified atom stereocenters. The van der Waals surface area contributed by atoms with Gasteiger partial charge in [0.1, 0.15) is 54.2 Å². The van der Waals surface area contributed by atoms with E-state index in [9.17, 15) is 30.0 Å². The fraction of sp³-hybridized carbons (Fsp3) is 0.379. The number of rotatable bonds is 10. The van der Waals surface area contributed by atoms with Crippen LogP contribution in [0.1, 0.15) is 45.5 Å². The van der Waals surface area contributed by atoms with Crippen molar-refractivity contribution in [3.63, 3.8) is 0 Å². The lowest BCUT2D eigenvalue weighted by atomic mass is 9.89. The minimum atomic E-state index is -1.63. The fourth-order valence-electron chi connectivity index (χ4n) is 4.89. The second-order valence-corrected chi connectivity index (χ2v) is 9.78. The Balaban J connectivity index is 1.49. The molecular weight excluding hydrogens is 540 g/mol. The molecule has 0 saturated carbocycles. The minimum Gasteiger partial charge on any atom is -0.496 e. The van der Waals surface area contributed by atoms with Gasteiger partial charge in [-0.2, -0.15) is 0 Å². The molecule has 4 aromatic rings. The lowest BCUT2D eigenvalue weighted by molar-refractivity contribution is -0.232. The predicted molar refractivity (Wildman–Crippen MR) is 141 cm³/mol. The number of hydrogen-bond donors (Lipinski definition) is 4. The number of hydrogen-bond acceptors (Lipinski definition) is 12. The topological polar surface area (TPSA) is 182 Å². The first-order chi connectivity index (χ1) is 19.7. The SMILES string of the molecule is COc1cc(OCc2oc(=O)oc2C)c(C(=O)CCc2ccc3occc3c2)cc1[C@@H]1O[C@H](CO)[C@@H](O)[C@H](O)[C@H]1O. The van der Waals surface area contributed by atoms with Crippen LogP contribution in [0.15, 0.2) is 60.7 Å². The molecule has 1 fully saturated rings. The third-order valence-electron chi connectivity index (χ3n) is 7.18. The Morgan fingerprint density at radius 1 is 1.00 bits per heavy atom. The number of methoxy groups -OCH3 is 1. The smallest absolute Gasteiger partial charge is 0.496 e. The van der Waals surface area contributed by atoms with Gasteiger partial charge in [0.2, 0.25) is 0 Å². The summed E-state index contributed by atoms with van der Waals surface area (Å²) in [7, 11) is 1.36. The van der Waals surface area contributed by atoms with Gasteiger partial charge in [0.15, 0.2) is 17.3 Å². The summed E-state index contributed by atoms with van der Waals surface area (Å²) in [6.07, 6.45) is -5.12. The lowest BCUT2D eigenvalue weighted by Gasteiger charge is -2.40. The third kappa shape index (κ3) is 5.78. The van der Waals surface area contributed by atoms with Crippen molar-refractivity contribution in [3.8, 4) is 11.5 Å². The number of aryl methyl sites for hydroxylation is 2. The van der Waals surface area contributed by atoms with Crippen molar-refractivity contribution in [1.82, 2.24) is 0 Å². The number of fused-ring (bicyclic) bond motifs is 1. The predicted octanol–water partition coefficient (Wildman–Crippen LogP) is 2.21. The first kappa shape index (κ1) is 28.6. The molecule has 0 amide bonds. The summed E-state index contributed by atoms with van der Waals surface area (Å²) >= 11 is 0. The Hall–Kier alpha value is -3.94. The Morgan fingerprint density at radius 3 is 2.51 bits per heavy atom. The largest absolute Gasteiger partial charge is 0.519 e. The normalized spacial score (nSPS) is 22.6. The number of carbonyl (C=O) groups excluding carboxylic acids is 1. The molecule has 12 nitrogen and oxygen atoms in total. The molecule has 0 radical (unpaired) electrons. The van der Waals surface area contributed by atoms with Crippen LogP contribution in [0.4, 0.5) is 0 Å². The zero-order chi connectivity index (χ0) is 29.3. The van der Waals surface area contributed by atoms with E-state index in [4.69, 9.17) is 27.5 Å². The maximum absolute atomic E-state index is 13.6. The number of ether oxygens (including phenoxy) is 3. The maximum Gasteiger partial charge on any atom is 0.519 e. The molecule has 12 heteroatoms. The van der Waals surface area contributed by atoms with Gasteiger partial charge < -0.3 is 47.9 Å². The number of furan rings is 1. The zero-order valence-corrected chi connectivity index (χ0v) is 22.3. The van der Waals surface area contributed by atoms with Crippen LogP contribution in [0.3, 0.4) is 0 Å². The highest BCUT2D eigenvalue weighted by Crippen LogP contribution is 2.41. The molecule has 0 bridgehead atoms. The lowest BCUT2D eigenvalue weighted by Crippen LogP contribution is -2.55. The molecule has 1 aliphatic rings. The van der Waals surface area contributed by atoms with E-state index in [2.05, 4.69) is 0 Å². The number of aliphatic hydroxyl groups excluding tert-OH is 4. The van der Waals surface area contributed by atoms with Crippen molar-refractivity contribution in [3.05, 3.63) is 81.5 Å². The van der Waals surface area contributed by atoms with E-state index in [1.807, 2.05) is 24.3 Å². The Labute approximate surface area is 233 Å². The van der Waals surface area contributed by atoms with E-state index in [0.29, 0.717) is 6.42 Å². The number of Topliss-reactive ketones (excluding diaryl/α,β-unsaturated/α-hetero) is 1. The molecule has 218 valence electrons. The molecule has 3 heterocycles. The summed E-state index contributed by atoms with van der Waals surface area (Å²) < 4.78 is 32.4. The van der Waals surface area contributed by atoms with Crippen LogP contribution in [-0.4, -0.2) is 64.3 Å². The number of aliphatic hydroxyl groups is 4. The van der Waals surface area contributed by atoms with Crippen molar-refractivity contribution >= 4 is 16.8 Å². The van der Waals surface area contributed by atoms with Gasteiger partial charge in [-0.05, 0) is 43.2 Å². The average Bonchev–Trinajstić information content (AvgIpc) is 3.57. The maximum atomic E-state index is 13.6. The van der Waals surface area contributed by atoms with Crippen molar-refractivity contribution in [1.29, 1.82) is 0 Å². The number of ketones is 1. The van der Waals surface area contributed by atoms with Gasteiger partial charge in [-0.15, -0.1) is 0 Å². The van der Waals surface area contributed by atoms with Gasteiger partial charge in [0.25, 0.3) is 0 Å². The van der Waals surface area contributed by atoms with E-state index in [0.717, 1.165) is 16.5 Å². The van der Waals surface area contributed by atoms with Crippen LogP contribution in [0.5, 0.6) is 11.5 Å². The van der Waals surface area contributed by atoms with E-state index >= 15 is 0 Å². The summed E-state index contributed by atoms with van der Waals surface area (Å²) in [5, 5.41) is 41.9. The quantitative estimate of drug-likeness (QED) is 0.204. The Bertz CT molecular complexity index is 1580. The van der Waals surface area contributed by atoms with Gasteiger partial charge in [-0.25, -0.2) is 4.79 Å². The highest BCUT2D eigenvalue weighted by Gasteiger charge is 2.45. The Kier molecular flexibility index (Phi) is 8.29. The zero-order valence-electron chi connectivity index (χ0n) is 22.3. The minimum absolute atomic E-state index is 0.0833. The van der Waals surface area contributed by atoms with Crippen LogP contribution >= 0.6 is 0 Å². The molecule has 0 aliphatic carbocycles. The summed E-state index contributed by atoms with van der Waals surface area (Å²) in [6.45, 7) is 0.694. The molecule has 1 aliphatic heterocycles. The van der Waals surface area contributed by atoms with Gasteiger partial charge >= 0.3 is 5.82 Å². The summed E-state index contributed by atoms with van der Waals surface area (Å²) in [6, 6.07) is 10.3. The molecule has 4 N–H and O–H groups in total. The first-order valence-corrected chi connectivity index (χ1v) is 12.9. The standard InChI is InChI=1S/C29H30O12/c1-14-24(41-29(35)39-14)13-38-22-11-21(36-2)18(28-27(34)26(33)25(32)23(12-30)40-28)10-17(22)19(31)5-3-15-4-6-20-16(9-15)7-8-37-20/h4,6-11,23,25-28,30,32-34H,3,5,12-13H2,1-2H3/t23-,25-,26+,27-,28+/m1/s1. The van der Waals surface area contributed by atoms with E-state index < -0.39 is 42.9 Å². The molecule has 2 aromatic heterocycles. The van der Waals surface area contributed by atoms with Gasteiger partial charge in [0, 0.05) is 23.4 Å². The van der Waals surface area contributed by atoms with Crippen molar-refractivity contribution in [2.45, 2.75) is 56.9 Å². The van der Waals surface area contributed by atoms with Crippen LogP contribution in [0, 0.1) is 6.92 Å². The van der Waals surface area contributed by atoms with Crippen LogP contribution in [-0.2, 0) is 17.8 Å². The second kappa shape index (κ2) is 11.9. The van der Waals surface area contributed by atoms with Crippen molar-refractivity contribution < 1.29 is 52.7 Å². The van der Waals surface area contributed by atoms with Crippen LogP contribution in [0.2, 0.25) is 0 Å². The molecule has 2 aromatic carbocycles. The van der Waals surface area contributed by atoms with Crippen molar-refractivity contribution in [2.24, 2.45) is 0 Å². The highest BCUT2D eigenvalue weighted by atomic mass is 16.6. The summed E-state index contributed by atoms with van der Waals surface area (Å²) in [5.74, 6) is -0.583. The van der Waals surface area contributed by atoms with Crippen LogP contribution in [0.25, 0.3) is 11.0 Å². The monoisotopic (exact) mass is 570 g/mol. The second-order valence-electron chi connectivity index (χ2n) is 9.78. The number of benzene rings is 2. The molecular formula is C29H30O12. The van der Waals surface area contributed by atoms with E-state index in [1.54, 1.807) is 6.26 Å². The average molecular weight is 571 g/mol. The summed E-state index contributed by atoms with van der Waals surface area (Å²) in [4.78, 5) is 25.1. The van der Waals surface area contributed by atoms with Gasteiger partial charge in [-0.1, -0.05) is 6.07 Å². The fourth-order valence-corrected chi connectivity index (χ4v) is 4.89. The molecule has 41 heavy (non-hydrogen) atoms. The highest BCUT2D eigenvalue weighted by molar-refractivity contribution is 5.99. The third-order valence-corrected chi connectivity index (χ3v) is 7.18. The number of carbonyl (C=O) groups is 1. The molecule has 5 atom stereocenters. The first-order valence-electron chi connectivity index (χ1n) is 12.9. The van der Waals surface area contributed by atoms with Crippen molar-refractivity contribution in [2.75, 3.05) is 13.7 Å². The van der Waals surface area contributed by atoms with Gasteiger partial charge in [0.05, 0.1) is 25.5 Å². The molecule has 5 rings (SSSR count). The van der Waals surface area contributed by atoms with Gasteiger partial charge in [-0.3, -0.25) is 4.79 Å².